The standard InChI is InChI=1S/C25H29N3OS/c29-24(12-11-20-7-2-1-3-8-20)27-25(23-10-4-5-14-26-23)22-9-6-15-28(18-22)17-21-13-16-30-19-21/h1-5,7-8,10,13-14,16,19,22,25H,6,9,11-12,15,17-18H2,(H,27,29)/t22-,25+/m0/s1. The SMILES string of the molecule is O=C(CCc1ccccc1)N[C@@H](c1ccccn1)[C@H]1CCCN(Cc2ccsc2)C1. The van der Waals surface area contributed by atoms with Gasteiger partial charge in [0, 0.05) is 25.7 Å². The molecule has 0 spiro atoms. The van der Waals surface area contributed by atoms with Crippen LogP contribution in [-0.2, 0) is 17.8 Å². The fraction of sp³-hybridized carbons (Fsp3) is 0.360. The number of nitrogens with one attached hydrogen (secondary N) is 1. The molecule has 4 nitrogen and oxygen atoms in total. The maximum Gasteiger partial charge on any atom is 0.220 e. The van der Waals surface area contributed by atoms with E-state index >= 15 is 0 Å². The topological polar surface area (TPSA) is 45.2 Å². The summed E-state index contributed by atoms with van der Waals surface area (Å²) in [4.78, 5) is 19.9. The van der Waals surface area contributed by atoms with Gasteiger partial charge in [-0.25, -0.2) is 0 Å². The number of benzene rings is 1. The van der Waals surface area contributed by atoms with Crippen molar-refractivity contribution in [3.63, 3.8) is 0 Å². The summed E-state index contributed by atoms with van der Waals surface area (Å²) in [5.74, 6) is 0.470. The van der Waals surface area contributed by atoms with Crippen molar-refractivity contribution < 1.29 is 4.79 Å². The van der Waals surface area contributed by atoms with Gasteiger partial charge in [-0.05, 0) is 71.8 Å². The summed E-state index contributed by atoms with van der Waals surface area (Å²) >= 11 is 1.75. The van der Waals surface area contributed by atoms with Crippen LogP contribution >= 0.6 is 11.3 Å². The van der Waals surface area contributed by atoms with Crippen molar-refractivity contribution in [2.24, 2.45) is 5.92 Å². The highest BCUT2D eigenvalue weighted by Gasteiger charge is 2.30. The summed E-state index contributed by atoms with van der Waals surface area (Å²) in [5, 5.41) is 7.69. The molecule has 0 saturated carbocycles. The average molecular weight is 420 g/mol. The molecule has 30 heavy (non-hydrogen) atoms. The van der Waals surface area contributed by atoms with Gasteiger partial charge in [0.05, 0.1) is 11.7 Å². The molecule has 3 heterocycles. The summed E-state index contributed by atoms with van der Waals surface area (Å²) in [7, 11) is 0. The summed E-state index contributed by atoms with van der Waals surface area (Å²) < 4.78 is 0. The molecule has 1 aromatic carbocycles. The van der Waals surface area contributed by atoms with Crippen LogP contribution < -0.4 is 5.32 Å². The molecule has 0 bridgehead atoms. The van der Waals surface area contributed by atoms with Crippen molar-refractivity contribution in [3.05, 3.63) is 88.4 Å². The number of aryl methyl sites for hydroxylation is 1. The van der Waals surface area contributed by atoms with Gasteiger partial charge in [0.15, 0.2) is 0 Å². The molecule has 0 unspecified atom stereocenters. The lowest BCUT2D eigenvalue weighted by Gasteiger charge is -2.37. The van der Waals surface area contributed by atoms with E-state index < -0.39 is 0 Å². The number of aromatic nitrogens is 1. The average Bonchev–Trinajstić information content (AvgIpc) is 3.30. The van der Waals surface area contributed by atoms with Gasteiger partial charge in [0.2, 0.25) is 5.91 Å². The molecule has 1 aliphatic heterocycles. The zero-order valence-corrected chi connectivity index (χ0v) is 18.1. The Morgan fingerprint density at radius 2 is 2.00 bits per heavy atom. The van der Waals surface area contributed by atoms with E-state index in [1.165, 1.54) is 11.1 Å². The van der Waals surface area contributed by atoms with E-state index in [4.69, 9.17) is 0 Å². The first kappa shape index (κ1) is 20.8. The van der Waals surface area contributed by atoms with Gasteiger partial charge in [0.1, 0.15) is 0 Å². The van der Waals surface area contributed by atoms with Crippen molar-refractivity contribution in [3.8, 4) is 0 Å². The Labute approximate surface area is 183 Å². The number of piperidine rings is 1. The van der Waals surface area contributed by atoms with E-state index in [1.54, 1.807) is 11.3 Å². The lowest BCUT2D eigenvalue weighted by Crippen LogP contribution is -2.43. The van der Waals surface area contributed by atoms with Crippen LogP contribution in [0.4, 0.5) is 0 Å². The molecule has 1 saturated heterocycles. The quantitative estimate of drug-likeness (QED) is 0.568. The molecule has 1 N–H and O–H groups in total. The van der Waals surface area contributed by atoms with E-state index in [2.05, 4.69) is 44.2 Å². The molecule has 0 radical (unpaired) electrons. The van der Waals surface area contributed by atoms with Crippen LogP contribution in [0.3, 0.4) is 0 Å². The predicted octanol–water partition coefficient (Wildman–Crippen LogP) is 4.85. The number of hydrogen-bond donors (Lipinski definition) is 1. The summed E-state index contributed by atoms with van der Waals surface area (Å²) in [6.07, 6.45) is 5.35. The summed E-state index contributed by atoms with van der Waals surface area (Å²) in [6, 6.07) is 18.3. The van der Waals surface area contributed by atoms with Crippen molar-refractivity contribution in [1.29, 1.82) is 0 Å². The highest BCUT2D eigenvalue weighted by atomic mass is 32.1. The maximum absolute atomic E-state index is 12.8. The number of amides is 1. The molecule has 4 rings (SSSR count). The molecule has 1 fully saturated rings. The van der Waals surface area contributed by atoms with Gasteiger partial charge in [0.25, 0.3) is 0 Å². The van der Waals surface area contributed by atoms with Crippen molar-refractivity contribution in [1.82, 2.24) is 15.2 Å². The number of thiophene rings is 1. The van der Waals surface area contributed by atoms with Crippen LogP contribution in [0.5, 0.6) is 0 Å². The minimum absolute atomic E-state index is 0.0419. The fourth-order valence-electron chi connectivity index (χ4n) is 4.29. The summed E-state index contributed by atoms with van der Waals surface area (Å²) in [5.41, 5.74) is 3.54. The molecule has 2 atom stereocenters. The van der Waals surface area contributed by atoms with Crippen LogP contribution in [0.1, 0.15) is 42.1 Å². The molecule has 5 heteroatoms. The Bertz CT molecular complexity index is 899. The molecule has 1 aliphatic rings. The number of nitrogens with zero attached hydrogens (tertiary/aromatic N) is 2. The van der Waals surface area contributed by atoms with Crippen LogP contribution in [0.2, 0.25) is 0 Å². The van der Waals surface area contributed by atoms with E-state index in [0.717, 1.165) is 44.6 Å². The van der Waals surface area contributed by atoms with Gasteiger partial charge < -0.3 is 5.32 Å². The Morgan fingerprint density at radius 1 is 1.13 bits per heavy atom. The van der Waals surface area contributed by atoms with E-state index in [9.17, 15) is 4.79 Å². The van der Waals surface area contributed by atoms with Gasteiger partial charge in [-0.3, -0.25) is 14.7 Å². The molecule has 2 aromatic heterocycles. The fourth-order valence-corrected chi connectivity index (χ4v) is 4.95. The highest BCUT2D eigenvalue weighted by molar-refractivity contribution is 7.07. The predicted molar refractivity (Wildman–Crippen MR) is 122 cm³/mol. The first-order valence-electron chi connectivity index (χ1n) is 10.8. The zero-order chi connectivity index (χ0) is 20.6. The second-order valence-electron chi connectivity index (χ2n) is 8.05. The number of likely N-dealkylation sites (tertiary alicyclic amines) is 1. The van der Waals surface area contributed by atoms with Crippen molar-refractivity contribution in [2.45, 2.75) is 38.3 Å². The van der Waals surface area contributed by atoms with E-state index in [-0.39, 0.29) is 11.9 Å². The number of rotatable bonds is 8. The Balaban J connectivity index is 1.42. The number of pyridine rings is 1. The lowest BCUT2D eigenvalue weighted by molar-refractivity contribution is -0.122. The Morgan fingerprint density at radius 3 is 2.77 bits per heavy atom. The molecule has 1 amide bonds. The first-order chi connectivity index (χ1) is 14.8. The highest BCUT2D eigenvalue weighted by Crippen LogP contribution is 2.30. The normalized spacial score (nSPS) is 18.1. The third-order valence-corrected chi connectivity index (χ3v) is 6.54. The second kappa shape index (κ2) is 10.5. The van der Waals surface area contributed by atoms with E-state index in [0.29, 0.717) is 12.3 Å². The maximum atomic E-state index is 12.8. The minimum atomic E-state index is -0.0419. The minimum Gasteiger partial charge on any atom is -0.347 e. The number of carbonyl (C=O) groups excluding carboxylic acids is 1. The number of hydrogen-bond acceptors (Lipinski definition) is 4. The molecular weight excluding hydrogens is 390 g/mol. The first-order valence-corrected chi connectivity index (χ1v) is 11.7. The molecule has 3 aromatic rings. The van der Waals surface area contributed by atoms with Crippen LogP contribution in [0, 0.1) is 5.92 Å². The molecule has 156 valence electrons. The zero-order valence-electron chi connectivity index (χ0n) is 17.2. The van der Waals surface area contributed by atoms with Crippen LogP contribution in [0.15, 0.2) is 71.6 Å². The van der Waals surface area contributed by atoms with Crippen LogP contribution in [-0.4, -0.2) is 28.9 Å². The second-order valence-corrected chi connectivity index (χ2v) is 8.83. The molecular formula is C25H29N3OS. The van der Waals surface area contributed by atoms with Crippen molar-refractivity contribution in [2.75, 3.05) is 13.1 Å². The monoisotopic (exact) mass is 419 g/mol. The van der Waals surface area contributed by atoms with Gasteiger partial charge in [-0.15, -0.1) is 0 Å². The lowest BCUT2D eigenvalue weighted by atomic mass is 9.88. The van der Waals surface area contributed by atoms with E-state index in [1.807, 2.05) is 42.6 Å². The largest absolute Gasteiger partial charge is 0.347 e. The smallest absolute Gasteiger partial charge is 0.220 e. The van der Waals surface area contributed by atoms with Crippen molar-refractivity contribution >= 4 is 17.2 Å². The Kier molecular flexibility index (Phi) is 7.27. The molecule has 0 aliphatic carbocycles. The van der Waals surface area contributed by atoms with Gasteiger partial charge in [-0.2, -0.15) is 11.3 Å². The Hall–Kier alpha value is -2.50. The van der Waals surface area contributed by atoms with Gasteiger partial charge >= 0.3 is 0 Å². The van der Waals surface area contributed by atoms with Crippen LogP contribution in [0.25, 0.3) is 0 Å². The third kappa shape index (κ3) is 5.77. The summed E-state index contributed by atoms with van der Waals surface area (Å²) in [6.45, 7) is 3.08. The van der Waals surface area contributed by atoms with Gasteiger partial charge in [-0.1, -0.05) is 36.4 Å². The number of carbonyl (C=O) groups is 1. The third-order valence-electron chi connectivity index (χ3n) is 5.81.